The van der Waals surface area contributed by atoms with Crippen molar-refractivity contribution in [1.29, 1.82) is 10.5 Å². The Hall–Kier alpha value is -3.84. The molecule has 0 amide bonds. The molecule has 4 nitrogen and oxygen atoms in total. The predicted octanol–water partition coefficient (Wildman–Crippen LogP) is 6.11. The number of nitriles is 2. The first-order chi connectivity index (χ1) is 14.7. The molecule has 140 valence electrons. The Kier molecular flexibility index (Phi) is 4.37. The van der Waals surface area contributed by atoms with Gasteiger partial charge in [-0.3, -0.25) is 4.79 Å². The molecule has 30 heavy (non-hydrogen) atoms. The van der Waals surface area contributed by atoms with Gasteiger partial charge < -0.3 is 0 Å². The third-order valence-electron chi connectivity index (χ3n) is 4.86. The molecule has 0 fully saturated rings. The average molecular weight is 422 g/mol. The van der Waals surface area contributed by atoms with Crippen molar-refractivity contribution in [2.75, 3.05) is 0 Å². The smallest absolute Gasteiger partial charge is 0.194 e. The summed E-state index contributed by atoms with van der Waals surface area (Å²) in [5, 5.41) is 19.5. The van der Waals surface area contributed by atoms with Gasteiger partial charge in [0.25, 0.3) is 0 Å². The molecule has 0 aliphatic heterocycles. The van der Waals surface area contributed by atoms with Crippen LogP contribution in [0.15, 0.2) is 71.8 Å². The van der Waals surface area contributed by atoms with Crippen LogP contribution in [0.3, 0.4) is 0 Å². The SMILES string of the molecule is N#CC(C#N)=C1/C(=C/c2nc3sc(-c4ccccc4)cc3s2)C(=O)c2ccccc21. The molecule has 1 aliphatic rings. The second-order valence-corrected chi connectivity index (χ2v) is 8.70. The fraction of sp³-hybridized carbons (Fsp3) is 0. The van der Waals surface area contributed by atoms with Crippen LogP contribution in [0.1, 0.15) is 20.9 Å². The summed E-state index contributed by atoms with van der Waals surface area (Å²) in [6, 6.07) is 23.2. The summed E-state index contributed by atoms with van der Waals surface area (Å²) in [6.45, 7) is 0. The Morgan fingerprint density at radius 2 is 1.63 bits per heavy atom. The Morgan fingerprint density at radius 3 is 2.33 bits per heavy atom. The number of thiazole rings is 1. The van der Waals surface area contributed by atoms with Gasteiger partial charge in [0, 0.05) is 21.6 Å². The van der Waals surface area contributed by atoms with E-state index in [4.69, 9.17) is 0 Å². The average Bonchev–Trinajstić information content (AvgIpc) is 3.42. The normalized spacial score (nSPS) is 14.0. The number of nitrogens with zero attached hydrogens (tertiary/aromatic N) is 3. The Labute approximate surface area is 180 Å². The van der Waals surface area contributed by atoms with E-state index < -0.39 is 0 Å². The third kappa shape index (κ3) is 2.87. The second kappa shape index (κ2) is 7.20. The number of Topliss-reactive ketones (excluding diaryl/α,β-unsaturated/α-hetero) is 1. The third-order valence-corrected chi connectivity index (χ3v) is 7.02. The molecule has 0 N–H and O–H groups in total. The summed E-state index contributed by atoms with van der Waals surface area (Å²) in [4.78, 5) is 19.7. The number of carbonyl (C=O) groups is 1. The van der Waals surface area contributed by atoms with E-state index in [0.717, 1.165) is 20.0 Å². The van der Waals surface area contributed by atoms with Gasteiger partial charge in [-0.25, -0.2) is 4.98 Å². The Balaban J connectivity index is 1.62. The van der Waals surface area contributed by atoms with Crippen LogP contribution in [0.25, 0.3) is 31.6 Å². The fourth-order valence-electron chi connectivity index (χ4n) is 3.53. The minimum Gasteiger partial charge on any atom is -0.289 e. The lowest BCUT2D eigenvalue weighted by molar-refractivity contribution is 0.104. The quantitative estimate of drug-likeness (QED) is 0.289. The molecule has 0 radical (unpaired) electrons. The first kappa shape index (κ1) is 18.2. The predicted molar refractivity (Wildman–Crippen MR) is 120 cm³/mol. The lowest BCUT2D eigenvalue weighted by atomic mass is 10.00. The van der Waals surface area contributed by atoms with Crippen molar-refractivity contribution in [3.8, 4) is 22.6 Å². The number of ketones is 1. The molecule has 6 heteroatoms. The van der Waals surface area contributed by atoms with Gasteiger partial charge in [-0.2, -0.15) is 10.5 Å². The number of benzene rings is 2. The number of carbonyl (C=O) groups excluding carboxylic acids is 1. The highest BCUT2D eigenvalue weighted by atomic mass is 32.1. The summed E-state index contributed by atoms with van der Waals surface area (Å²) >= 11 is 3.09. The van der Waals surface area contributed by atoms with Crippen molar-refractivity contribution in [3.63, 3.8) is 0 Å². The van der Waals surface area contributed by atoms with Crippen LogP contribution in [-0.2, 0) is 0 Å². The number of aromatic nitrogens is 1. The van der Waals surface area contributed by atoms with E-state index in [1.807, 2.05) is 30.3 Å². The van der Waals surface area contributed by atoms with Gasteiger partial charge in [0.05, 0.1) is 4.70 Å². The van der Waals surface area contributed by atoms with E-state index >= 15 is 0 Å². The van der Waals surface area contributed by atoms with E-state index in [1.165, 1.54) is 11.3 Å². The van der Waals surface area contributed by atoms with Crippen molar-refractivity contribution in [3.05, 3.63) is 87.9 Å². The maximum atomic E-state index is 13.0. The van der Waals surface area contributed by atoms with E-state index in [1.54, 1.807) is 41.7 Å². The highest BCUT2D eigenvalue weighted by Gasteiger charge is 2.32. The Bertz CT molecular complexity index is 1430. The molecular formula is C24H11N3OS2. The Morgan fingerprint density at radius 1 is 0.933 bits per heavy atom. The van der Waals surface area contributed by atoms with Crippen LogP contribution in [0.5, 0.6) is 0 Å². The lowest BCUT2D eigenvalue weighted by Crippen LogP contribution is -1.95. The number of hydrogen-bond donors (Lipinski definition) is 0. The molecule has 1 aliphatic carbocycles. The molecular weight excluding hydrogens is 410 g/mol. The van der Waals surface area contributed by atoms with Crippen LogP contribution in [0.4, 0.5) is 0 Å². The van der Waals surface area contributed by atoms with Crippen molar-refractivity contribution in [2.24, 2.45) is 0 Å². The lowest BCUT2D eigenvalue weighted by Gasteiger charge is -2.00. The molecule has 2 aromatic carbocycles. The van der Waals surface area contributed by atoms with Crippen molar-refractivity contribution < 1.29 is 4.79 Å². The second-order valence-electron chi connectivity index (χ2n) is 6.60. The maximum Gasteiger partial charge on any atom is 0.194 e. The molecule has 0 unspecified atom stereocenters. The summed E-state index contributed by atoms with van der Waals surface area (Å²) in [5.41, 5.74) is 2.95. The van der Waals surface area contributed by atoms with Crippen molar-refractivity contribution >= 4 is 49.6 Å². The largest absolute Gasteiger partial charge is 0.289 e. The van der Waals surface area contributed by atoms with Gasteiger partial charge in [0.1, 0.15) is 27.5 Å². The van der Waals surface area contributed by atoms with Gasteiger partial charge in [-0.1, -0.05) is 54.6 Å². The standard InChI is InChI=1S/C24H11N3OS2/c25-12-15(13-26)22-16-8-4-5-9-17(16)23(28)18(22)10-21-27-24-20(29-21)11-19(30-24)14-6-2-1-3-7-14/h1-11H/b18-10-. The summed E-state index contributed by atoms with van der Waals surface area (Å²) in [6.07, 6.45) is 1.70. The summed E-state index contributed by atoms with van der Waals surface area (Å²) in [7, 11) is 0. The highest BCUT2D eigenvalue weighted by molar-refractivity contribution is 7.29. The molecule has 0 atom stereocenters. The van der Waals surface area contributed by atoms with E-state index in [9.17, 15) is 15.3 Å². The van der Waals surface area contributed by atoms with Gasteiger partial charge in [0.2, 0.25) is 0 Å². The van der Waals surface area contributed by atoms with Gasteiger partial charge in [-0.05, 0) is 23.3 Å². The van der Waals surface area contributed by atoms with Gasteiger partial charge in [-0.15, -0.1) is 22.7 Å². The highest BCUT2D eigenvalue weighted by Crippen LogP contribution is 2.41. The molecule has 4 aromatic rings. The summed E-state index contributed by atoms with van der Waals surface area (Å²) < 4.78 is 1.04. The molecule has 5 rings (SSSR count). The molecule has 0 saturated heterocycles. The fourth-order valence-corrected chi connectivity index (χ4v) is 5.70. The zero-order chi connectivity index (χ0) is 20.7. The van der Waals surface area contributed by atoms with Crippen molar-refractivity contribution in [1.82, 2.24) is 4.98 Å². The van der Waals surface area contributed by atoms with Crippen LogP contribution in [0, 0.1) is 22.7 Å². The number of fused-ring (bicyclic) bond motifs is 2. The van der Waals surface area contributed by atoms with Gasteiger partial charge >= 0.3 is 0 Å². The van der Waals surface area contributed by atoms with E-state index in [-0.39, 0.29) is 11.4 Å². The minimum absolute atomic E-state index is 0.0655. The van der Waals surface area contributed by atoms with Crippen molar-refractivity contribution in [2.45, 2.75) is 0 Å². The van der Waals surface area contributed by atoms with E-state index in [2.05, 4.69) is 23.2 Å². The number of allylic oxidation sites excluding steroid dienone is 3. The molecule has 2 heterocycles. The molecule has 2 aromatic heterocycles. The number of hydrogen-bond acceptors (Lipinski definition) is 6. The van der Waals surface area contributed by atoms with Crippen LogP contribution in [-0.4, -0.2) is 10.8 Å². The van der Waals surface area contributed by atoms with Crippen LogP contribution >= 0.6 is 22.7 Å². The van der Waals surface area contributed by atoms with E-state index in [0.29, 0.717) is 27.3 Å². The molecule has 0 spiro atoms. The van der Waals surface area contributed by atoms with Gasteiger partial charge in [0.15, 0.2) is 5.78 Å². The maximum absolute atomic E-state index is 13.0. The minimum atomic E-state index is -0.188. The topological polar surface area (TPSA) is 77.5 Å². The number of thiophene rings is 1. The van der Waals surface area contributed by atoms with Crippen LogP contribution in [0.2, 0.25) is 0 Å². The van der Waals surface area contributed by atoms with Crippen LogP contribution < -0.4 is 0 Å². The monoisotopic (exact) mass is 421 g/mol. The zero-order valence-electron chi connectivity index (χ0n) is 15.4. The molecule has 0 bridgehead atoms. The molecule has 0 saturated carbocycles. The zero-order valence-corrected chi connectivity index (χ0v) is 17.1. The number of rotatable bonds is 2. The summed E-state index contributed by atoms with van der Waals surface area (Å²) in [5.74, 6) is -0.188. The first-order valence-electron chi connectivity index (χ1n) is 9.06. The first-order valence-corrected chi connectivity index (χ1v) is 10.7.